The Bertz CT molecular complexity index is 400. The first-order valence-electron chi connectivity index (χ1n) is 9.33. The highest BCUT2D eigenvalue weighted by Crippen LogP contribution is 2.21. The van der Waals surface area contributed by atoms with Crippen molar-refractivity contribution in [3.8, 4) is 0 Å². The highest BCUT2D eigenvalue weighted by molar-refractivity contribution is 14.0. The molecule has 0 aromatic carbocycles. The largest absolute Gasteiger partial charge is 0.356 e. The predicted molar refractivity (Wildman–Crippen MR) is 111 cm³/mol. The smallest absolute Gasteiger partial charge is 0.221 e. The fourth-order valence-electron chi connectivity index (χ4n) is 4.00. The van der Waals surface area contributed by atoms with Crippen molar-refractivity contribution in [2.24, 2.45) is 16.8 Å². The molecule has 140 valence electrons. The first kappa shape index (κ1) is 21.5. The van der Waals surface area contributed by atoms with Crippen molar-refractivity contribution in [2.45, 2.75) is 64.8 Å². The molecule has 1 heterocycles. The molecule has 1 aliphatic carbocycles. The number of hydrogen-bond acceptors (Lipinski definition) is 2. The fraction of sp³-hybridized carbons (Fsp3) is 0.889. The van der Waals surface area contributed by atoms with Crippen LogP contribution < -0.4 is 10.6 Å². The summed E-state index contributed by atoms with van der Waals surface area (Å²) in [6, 6.07) is 0.402. The zero-order valence-electron chi connectivity index (χ0n) is 15.5. The minimum Gasteiger partial charge on any atom is -0.356 e. The zero-order valence-corrected chi connectivity index (χ0v) is 17.8. The molecule has 6 heteroatoms. The van der Waals surface area contributed by atoms with Gasteiger partial charge in [-0.15, -0.1) is 24.0 Å². The van der Waals surface area contributed by atoms with Crippen molar-refractivity contribution >= 4 is 35.8 Å². The lowest BCUT2D eigenvalue weighted by molar-refractivity contribution is -0.121. The van der Waals surface area contributed by atoms with E-state index in [1.165, 1.54) is 25.7 Å². The summed E-state index contributed by atoms with van der Waals surface area (Å²) >= 11 is 0. The van der Waals surface area contributed by atoms with Crippen LogP contribution in [0.15, 0.2) is 4.99 Å². The van der Waals surface area contributed by atoms with Crippen LogP contribution in [0.2, 0.25) is 0 Å². The van der Waals surface area contributed by atoms with E-state index in [0.717, 1.165) is 31.9 Å². The summed E-state index contributed by atoms with van der Waals surface area (Å²) in [7, 11) is 1.83. The van der Waals surface area contributed by atoms with E-state index in [1.807, 2.05) is 7.05 Å². The van der Waals surface area contributed by atoms with Gasteiger partial charge in [-0.05, 0) is 31.1 Å². The molecular formula is C18H35IN4O. The Labute approximate surface area is 164 Å². The third-order valence-corrected chi connectivity index (χ3v) is 4.99. The van der Waals surface area contributed by atoms with Crippen molar-refractivity contribution in [2.75, 3.05) is 26.7 Å². The molecule has 1 saturated heterocycles. The van der Waals surface area contributed by atoms with E-state index < -0.39 is 0 Å². The van der Waals surface area contributed by atoms with Crippen LogP contribution in [0.5, 0.6) is 0 Å². The molecule has 5 nitrogen and oxygen atoms in total. The average Bonchev–Trinajstić information content (AvgIpc) is 2.51. The minimum absolute atomic E-state index is 0. The third-order valence-electron chi connectivity index (χ3n) is 4.99. The number of hydrogen-bond donors (Lipinski definition) is 2. The van der Waals surface area contributed by atoms with E-state index >= 15 is 0 Å². The van der Waals surface area contributed by atoms with E-state index in [0.29, 0.717) is 30.8 Å². The second-order valence-corrected chi connectivity index (χ2v) is 7.48. The molecular weight excluding hydrogens is 415 g/mol. The Morgan fingerprint density at radius 3 is 2.33 bits per heavy atom. The Balaban J connectivity index is 0.00000288. The van der Waals surface area contributed by atoms with Crippen LogP contribution in [0.3, 0.4) is 0 Å². The molecule has 2 atom stereocenters. The summed E-state index contributed by atoms with van der Waals surface area (Å²) < 4.78 is 0. The van der Waals surface area contributed by atoms with Gasteiger partial charge in [-0.3, -0.25) is 9.79 Å². The molecule has 2 N–H and O–H groups in total. The average molecular weight is 450 g/mol. The van der Waals surface area contributed by atoms with Crippen molar-refractivity contribution in [3.63, 3.8) is 0 Å². The number of carbonyl (C=O) groups excluding carboxylic acids is 1. The van der Waals surface area contributed by atoms with Crippen LogP contribution in [-0.2, 0) is 4.79 Å². The Morgan fingerprint density at radius 1 is 1.12 bits per heavy atom. The lowest BCUT2D eigenvalue weighted by Crippen LogP contribution is -2.49. The number of amides is 1. The first-order valence-corrected chi connectivity index (χ1v) is 9.33. The highest BCUT2D eigenvalue weighted by atomic mass is 127. The van der Waals surface area contributed by atoms with Crippen molar-refractivity contribution in [1.29, 1.82) is 0 Å². The quantitative estimate of drug-likeness (QED) is 0.394. The van der Waals surface area contributed by atoms with Gasteiger partial charge in [-0.2, -0.15) is 0 Å². The van der Waals surface area contributed by atoms with Crippen LogP contribution in [0.1, 0.15) is 58.8 Å². The van der Waals surface area contributed by atoms with Crippen molar-refractivity contribution in [1.82, 2.24) is 15.5 Å². The predicted octanol–water partition coefficient (Wildman–Crippen LogP) is 3.00. The molecule has 2 rings (SSSR count). The van der Waals surface area contributed by atoms with E-state index in [4.69, 9.17) is 0 Å². The van der Waals surface area contributed by atoms with Gasteiger partial charge < -0.3 is 15.5 Å². The summed E-state index contributed by atoms with van der Waals surface area (Å²) in [6.45, 7) is 7.36. The molecule has 1 saturated carbocycles. The Hall–Kier alpha value is -0.530. The standard InChI is InChI=1S/C18H34N4O.HI/c1-14-11-15(2)13-22(12-14)18(19-3)20-10-9-17(23)21-16-7-5-4-6-8-16;/h14-16H,4-13H2,1-3H3,(H,19,20)(H,21,23);1H. The van der Waals surface area contributed by atoms with E-state index in [-0.39, 0.29) is 29.9 Å². The van der Waals surface area contributed by atoms with Gasteiger partial charge in [0.25, 0.3) is 0 Å². The van der Waals surface area contributed by atoms with E-state index in [2.05, 4.69) is 34.4 Å². The molecule has 2 fully saturated rings. The minimum atomic E-state index is 0. The highest BCUT2D eigenvalue weighted by Gasteiger charge is 2.24. The molecule has 0 spiro atoms. The lowest BCUT2D eigenvalue weighted by atomic mass is 9.92. The van der Waals surface area contributed by atoms with Crippen LogP contribution in [0, 0.1) is 11.8 Å². The maximum Gasteiger partial charge on any atom is 0.221 e. The van der Waals surface area contributed by atoms with E-state index in [9.17, 15) is 4.79 Å². The number of rotatable bonds is 4. The van der Waals surface area contributed by atoms with Crippen LogP contribution in [0.25, 0.3) is 0 Å². The number of carbonyl (C=O) groups is 1. The number of nitrogens with zero attached hydrogens (tertiary/aromatic N) is 2. The normalized spacial score (nSPS) is 25.8. The number of nitrogens with one attached hydrogen (secondary N) is 2. The summed E-state index contributed by atoms with van der Waals surface area (Å²) in [5.74, 6) is 2.51. The van der Waals surface area contributed by atoms with Crippen LogP contribution in [-0.4, -0.2) is 49.5 Å². The first-order chi connectivity index (χ1) is 11.1. The summed E-state index contributed by atoms with van der Waals surface area (Å²) in [5.41, 5.74) is 0. The molecule has 24 heavy (non-hydrogen) atoms. The van der Waals surface area contributed by atoms with Crippen molar-refractivity contribution < 1.29 is 4.79 Å². The van der Waals surface area contributed by atoms with Gasteiger partial charge in [0.1, 0.15) is 0 Å². The number of likely N-dealkylation sites (tertiary alicyclic amines) is 1. The summed E-state index contributed by atoms with van der Waals surface area (Å²) in [4.78, 5) is 18.8. The summed E-state index contributed by atoms with van der Waals surface area (Å²) in [5, 5.41) is 6.54. The van der Waals surface area contributed by atoms with Gasteiger partial charge in [-0.25, -0.2) is 0 Å². The molecule has 0 bridgehead atoms. The topological polar surface area (TPSA) is 56.7 Å². The molecule has 2 aliphatic rings. The van der Waals surface area contributed by atoms with Crippen molar-refractivity contribution in [3.05, 3.63) is 0 Å². The van der Waals surface area contributed by atoms with Gasteiger partial charge in [0, 0.05) is 39.1 Å². The zero-order chi connectivity index (χ0) is 16.7. The lowest BCUT2D eigenvalue weighted by Gasteiger charge is -2.37. The van der Waals surface area contributed by atoms with Gasteiger partial charge in [0.05, 0.1) is 0 Å². The SMILES string of the molecule is CN=C(NCCC(=O)NC1CCCCC1)N1CC(C)CC(C)C1.I. The van der Waals surface area contributed by atoms with Gasteiger partial charge in [0.2, 0.25) is 5.91 Å². The van der Waals surface area contributed by atoms with Gasteiger partial charge >= 0.3 is 0 Å². The van der Waals surface area contributed by atoms with Gasteiger partial charge in [-0.1, -0.05) is 33.1 Å². The maximum absolute atomic E-state index is 12.1. The van der Waals surface area contributed by atoms with Gasteiger partial charge in [0.15, 0.2) is 5.96 Å². The second-order valence-electron chi connectivity index (χ2n) is 7.48. The Kier molecular flexibility index (Phi) is 10.0. The molecule has 1 aliphatic heterocycles. The maximum atomic E-state index is 12.1. The second kappa shape index (κ2) is 11.2. The fourth-order valence-corrected chi connectivity index (χ4v) is 4.00. The van der Waals surface area contributed by atoms with E-state index in [1.54, 1.807) is 0 Å². The Morgan fingerprint density at radius 2 is 1.75 bits per heavy atom. The summed E-state index contributed by atoms with van der Waals surface area (Å²) in [6.07, 6.45) is 7.92. The molecule has 2 unspecified atom stereocenters. The molecule has 0 radical (unpaired) electrons. The molecule has 0 aromatic rings. The number of aliphatic imine (C=N–C) groups is 1. The third kappa shape index (κ3) is 7.15. The molecule has 1 amide bonds. The van der Waals surface area contributed by atoms with Crippen LogP contribution in [0.4, 0.5) is 0 Å². The monoisotopic (exact) mass is 450 g/mol. The van der Waals surface area contributed by atoms with Crippen LogP contribution >= 0.6 is 24.0 Å². The number of guanidine groups is 1. The molecule has 0 aromatic heterocycles. The number of halogens is 1. The number of piperidine rings is 1.